The Hall–Kier alpha value is -2.94. The lowest BCUT2D eigenvalue weighted by Crippen LogP contribution is -2.12. The number of para-hydroxylation sites is 1. The zero-order chi connectivity index (χ0) is 20.7. The van der Waals surface area contributed by atoms with Gasteiger partial charge in [-0.2, -0.15) is 0 Å². The number of anilines is 1. The van der Waals surface area contributed by atoms with Crippen LogP contribution in [0.15, 0.2) is 36.4 Å². The fourth-order valence-corrected chi connectivity index (χ4v) is 4.13. The Morgan fingerprint density at radius 2 is 1.11 bits per heavy atom. The van der Waals surface area contributed by atoms with Gasteiger partial charge in [0.05, 0.1) is 0 Å². The normalized spacial score (nSPS) is 11.2. The van der Waals surface area contributed by atoms with E-state index < -0.39 is 0 Å². The molecule has 0 aromatic heterocycles. The van der Waals surface area contributed by atoms with Crippen LogP contribution in [0.4, 0.5) is 5.69 Å². The predicted molar refractivity (Wildman–Crippen MR) is 116 cm³/mol. The molecule has 28 heavy (non-hydrogen) atoms. The molecule has 3 heteroatoms. The molecule has 0 amide bonds. The van der Waals surface area contributed by atoms with Crippen LogP contribution >= 0.6 is 0 Å². The van der Waals surface area contributed by atoms with Gasteiger partial charge in [0.15, 0.2) is 0 Å². The highest BCUT2D eigenvalue weighted by Gasteiger charge is 2.29. The number of hydrogen-bond donors (Lipinski definition) is 3. The summed E-state index contributed by atoms with van der Waals surface area (Å²) in [6, 6.07) is 11.9. The van der Waals surface area contributed by atoms with Gasteiger partial charge in [0.1, 0.15) is 11.5 Å². The minimum absolute atomic E-state index is 0.266. The van der Waals surface area contributed by atoms with Gasteiger partial charge < -0.3 is 15.9 Å². The molecule has 3 aromatic rings. The lowest BCUT2D eigenvalue weighted by molar-refractivity contribution is 0.452. The Balaban J connectivity index is 2.46. The highest BCUT2D eigenvalue weighted by molar-refractivity contribution is 5.66. The lowest BCUT2D eigenvalue weighted by atomic mass is 9.77. The van der Waals surface area contributed by atoms with Crippen molar-refractivity contribution in [1.82, 2.24) is 0 Å². The van der Waals surface area contributed by atoms with Crippen molar-refractivity contribution in [1.29, 1.82) is 0 Å². The molecule has 0 bridgehead atoms. The quantitative estimate of drug-likeness (QED) is 0.406. The molecular formula is C25H29NO2. The van der Waals surface area contributed by atoms with Crippen LogP contribution in [0.5, 0.6) is 11.5 Å². The van der Waals surface area contributed by atoms with Gasteiger partial charge in [-0.1, -0.05) is 30.3 Å². The van der Waals surface area contributed by atoms with Crippen LogP contribution < -0.4 is 5.73 Å². The Morgan fingerprint density at radius 1 is 0.679 bits per heavy atom. The van der Waals surface area contributed by atoms with Crippen LogP contribution in [0.25, 0.3) is 0 Å². The third-order valence-corrected chi connectivity index (χ3v) is 6.00. The average Bonchev–Trinajstić information content (AvgIpc) is 2.64. The number of hydrogen-bond acceptors (Lipinski definition) is 3. The fourth-order valence-electron chi connectivity index (χ4n) is 4.13. The van der Waals surface area contributed by atoms with E-state index in [0.717, 1.165) is 50.1 Å². The van der Waals surface area contributed by atoms with Crippen LogP contribution in [-0.2, 0) is 0 Å². The van der Waals surface area contributed by atoms with Crippen molar-refractivity contribution < 1.29 is 10.2 Å². The largest absolute Gasteiger partial charge is 0.507 e. The molecule has 3 aromatic carbocycles. The maximum absolute atomic E-state index is 11.1. The first-order valence-electron chi connectivity index (χ1n) is 9.58. The van der Waals surface area contributed by atoms with Crippen LogP contribution in [0.3, 0.4) is 0 Å². The van der Waals surface area contributed by atoms with Crippen molar-refractivity contribution >= 4 is 5.69 Å². The molecule has 3 nitrogen and oxygen atoms in total. The predicted octanol–water partition coefficient (Wildman–Crippen LogP) is 5.71. The maximum Gasteiger partial charge on any atom is 0.123 e. The van der Waals surface area contributed by atoms with E-state index >= 15 is 0 Å². The fraction of sp³-hybridized carbons (Fsp3) is 0.280. The molecule has 0 saturated heterocycles. The molecule has 0 heterocycles. The van der Waals surface area contributed by atoms with Gasteiger partial charge in [-0.15, -0.1) is 0 Å². The molecule has 0 saturated carbocycles. The van der Waals surface area contributed by atoms with E-state index in [4.69, 9.17) is 5.73 Å². The second-order valence-corrected chi connectivity index (χ2v) is 7.86. The molecule has 0 spiro atoms. The van der Waals surface area contributed by atoms with Crippen LogP contribution in [0, 0.1) is 41.5 Å². The SMILES string of the molecule is Cc1cc(C)c(C(c2ccccc2N)c2c(C)cc(C)c(C)c2O)c(O)c1C. The van der Waals surface area contributed by atoms with Crippen molar-refractivity contribution in [2.24, 2.45) is 0 Å². The highest BCUT2D eigenvalue weighted by Crippen LogP contribution is 2.47. The molecule has 0 aliphatic carbocycles. The molecule has 3 rings (SSSR count). The average molecular weight is 376 g/mol. The molecule has 0 fully saturated rings. The Kier molecular flexibility index (Phi) is 5.12. The second-order valence-electron chi connectivity index (χ2n) is 7.86. The molecule has 0 aliphatic heterocycles. The molecule has 0 atom stereocenters. The van der Waals surface area contributed by atoms with E-state index in [-0.39, 0.29) is 17.4 Å². The third-order valence-electron chi connectivity index (χ3n) is 6.00. The monoisotopic (exact) mass is 375 g/mol. The summed E-state index contributed by atoms with van der Waals surface area (Å²) in [5.74, 6) is 0.172. The first-order valence-corrected chi connectivity index (χ1v) is 9.58. The van der Waals surface area contributed by atoms with Crippen LogP contribution in [0.2, 0.25) is 0 Å². The minimum Gasteiger partial charge on any atom is -0.507 e. The molecule has 0 radical (unpaired) electrons. The number of rotatable bonds is 3. The lowest BCUT2D eigenvalue weighted by Gasteiger charge is -2.27. The van der Waals surface area contributed by atoms with Crippen LogP contribution in [-0.4, -0.2) is 10.2 Å². The standard InChI is InChI=1S/C25H29NO2/c1-13-11-15(3)21(24(27)17(13)5)23(19-9-7-8-10-20(19)26)22-16(4)12-14(2)18(6)25(22)28/h7-12,23,27-28H,26H2,1-6H3. The summed E-state index contributed by atoms with van der Waals surface area (Å²) < 4.78 is 0. The Bertz CT molecular complexity index is 1000. The molecule has 4 N–H and O–H groups in total. The van der Waals surface area contributed by atoms with E-state index in [9.17, 15) is 10.2 Å². The number of benzene rings is 3. The summed E-state index contributed by atoms with van der Waals surface area (Å²) in [5.41, 5.74) is 15.2. The van der Waals surface area contributed by atoms with Gasteiger partial charge in [0, 0.05) is 22.7 Å². The summed E-state index contributed by atoms with van der Waals surface area (Å²) in [7, 11) is 0. The number of aromatic hydroxyl groups is 2. The summed E-state index contributed by atoms with van der Waals surface area (Å²) in [6.45, 7) is 11.8. The Morgan fingerprint density at radius 3 is 1.54 bits per heavy atom. The van der Waals surface area contributed by atoms with Crippen molar-refractivity contribution in [2.45, 2.75) is 47.5 Å². The van der Waals surface area contributed by atoms with Crippen molar-refractivity contribution in [3.05, 3.63) is 86.5 Å². The topological polar surface area (TPSA) is 66.5 Å². The van der Waals surface area contributed by atoms with Crippen molar-refractivity contribution in [2.75, 3.05) is 5.73 Å². The smallest absolute Gasteiger partial charge is 0.123 e. The number of phenols is 2. The van der Waals surface area contributed by atoms with Gasteiger partial charge in [-0.3, -0.25) is 0 Å². The maximum atomic E-state index is 11.1. The summed E-state index contributed by atoms with van der Waals surface area (Å²) in [4.78, 5) is 0. The zero-order valence-electron chi connectivity index (χ0n) is 17.5. The van der Waals surface area contributed by atoms with Crippen LogP contribution in [0.1, 0.15) is 56.0 Å². The number of nitrogen functional groups attached to an aromatic ring is 1. The van der Waals surface area contributed by atoms with Gasteiger partial charge >= 0.3 is 0 Å². The molecule has 0 aliphatic rings. The summed E-state index contributed by atoms with van der Waals surface area (Å²) in [5, 5.41) is 22.3. The van der Waals surface area contributed by atoms with E-state index in [0.29, 0.717) is 5.69 Å². The van der Waals surface area contributed by atoms with E-state index in [1.165, 1.54) is 0 Å². The number of phenolic OH excluding ortho intramolecular Hbond substituents is 2. The van der Waals surface area contributed by atoms with Crippen molar-refractivity contribution in [3.63, 3.8) is 0 Å². The first kappa shape index (κ1) is 19.8. The molecule has 146 valence electrons. The molecule has 0 unspecified atom stereocenters. The number of nitrogens with two attached hydrogens (primary N) is 1. The zero-order valence-corrected chi connectivity index (χ0v) is 17.5. The summed E-state index contributed by atoms with van der Waals surface area (Å²) in [6.07, 6.45) is 0. The molecular weight excluding hydrogens is 346 g/mol. The summed E-state index contributed by atoms with van der Waals surface area (Å²) >= 11 is 0. The highest BCUT2D eigenvalue weighted by atomic mass is 16.3. The third kappa shape index (κ3) is 3.11. The Labute approximate surface area is 167 Å². The van der Waals surface area contributed by atoms with Gasteiger partial charge in [0.2, 0.25) is 0 Å². The van der Waals surface area contributed by atoms with Crippen molar-refractivity contribution in [3.8, 4) is 11.5 Å². The number of aryl methyl sites for hydroxylation is 4. The van der Waals surface area contributed by atoms with Gasteiger partial charge in [0.25, 0.3) is 0 Å². The second kappa shape index (κ2) is 7.23. The first-order chi connectivity index (χ1) is 13.1. The minimum atomic E-state index is -0.361. The van der Waals surface area contributed by atoms with E-state index in [1.807, 2.05) is 65.8 Å². The van der Waals surface area contributed by atoms with Gasteiger partial charge in [-0.25, -0.2) is 0 Å². The van der Waals surface area contributed by atoms with Gasteiger partial charge in [-0.05, 0) is 86.6 Å². The van der Waals surface area contributed by atoms with E-state index in [1.54, 1.807) is 0 Å². The van der Waals surface area contributed by atoms with E-state index in [2.05, 4.69) is 12.1 Å².